The van der Waals surface area contributed by atoms with Crippen molar-refractivity contribution < 1.29 is 4.84 Å². The van der Waals surface area contributed by atoms with Gasteiger partial charge in [-0.25, -0.2) is 0 Å². The van der Waals surface area contributed by atoms with Crippen LogP contribution in [0.4, 0.5) is 0 Å². The van der Waals surface area contributed by atoms with Gasteiger partial charge in [-0.2, -0.15) is 5.06 Å². The van der Waals surface area contributed by atoms with Gasteiger partial charge in [-0.1, -0.05) is 29.8 Å². The highest BCUT2D eigenvalue weighted by molar-refractivity contribution is 6.30. The Labute approximate surface area is 124 Å². The standard InChI is InChI=1S/C16H17ClN2O/c1-16(13-4-3-9-18-11-13)10-15(20-19(16)2)12-5-7-14(17)8-6-12/h3-9,11,15H,10H2,1-2H3/t15?,16-/m1/s1. The van der Waals surface area contributed by atoms with E-state index in [1.165, 1.54) is 5.56 Å². The molecule has 2 heterocycles. The third-order valence-corrected chi connectivity index (χ3v) is 4.34. The molecule has 0 saturated carbocycles. The molecular weight excluding hydrogens is 272 g/mol. The molecule has 0 radical (unpaired) electrons. The van der Waals surface area contributed by atoms with E-state index in [1.54, 1.807) is 6.20 Å². The highest BCUT2D eigenvalue weighted by Crippen LogP contribution is 2.45. The van der Waals surface area contributed by atoms with Gasteiger partial charge < -0.3 is 0 Å². The quantitative estimate of drug-likeness (QED) is 0.836. The molecule has 4 heteroatoms. The zero-order valence-corrected chi connectivity index (χ0v) is 12.3. The highest BCUT2D eigenvalue weighted by atomic mass is 35.5. The van der Waals surface area contributed by atoms with Gasteiger partial charge in [0.1, 0.15) is 6.10 Å². The van der Waals surface area contributed by atoms with E-state index in [-0.39, 0.29) is 11.6 Å². The molecule has 1 aliphatic heterocycles. The molecule has 1 fully saturated rings. The number of hydrogen-bond donors (Lipinski definition) is 0. The molecule has 0 spiro atoms. The Kier molecular flexibility index (Phi) is 3.50. The van der Waals surface area contributed by atoms with E-state index < -0.39 is 0 Å². The van der Waals surface area contributed by atoms with Gasteiger partial charge in [0.25, 0.3) is 0 Å². The number of nitrogens with zero attached hydrogens (tertiary/aromatic N) is 2. The summed E-state index contributed by atoms with van der Waals surface area (Å²) in [4.78, 5) is 10.2. The highest BCUT2D eigenvalue weighted by Gasteiger charge is 2.43. The maximum absolute atomic E-state index is 6.02. The summed E-state index contributed by atoms with van der Waals surface area (Å²) in [7, 11) is 1.98. The first-order valence-electron chi connectivity index (χ1n) is 6.66. The normalized spacial score (nSPS) is 26.9. The number of aromatic nitrogens is 1. The van der Waals surface area contributed by atoms with Crippen molar-refractivity contribution in [1.82, 2.24) is 10.0 Å². The first-order valence-corrected chi connectivity index (χ1v) is 7.04. The van der Waals surface area contributed by atoms with Crippen LogP contribution in [0.15, 0.2) is 48.8 Å². The van der Waals surface area contributed by atoms with Gasteiger partial charge in [0, 0.05) is 30.9 Å². The largest absolute Gasteiger partial charge is 0.290 e. The lowest BCUT2D eigenvalue weighted by Gasteiger charge is -2.29. The van der Waals surface area contributed by atoms with Gasteiger partial charge in [-0.3, -0.25) is 9.82 Å². The Morgan fingerprint density at radius 2 is 2.05 bits per heavy atom. The Bertz CT molecular complexity index is 587. The van der Waals surface area contributed by atoms with E-state index in [2.05, 4.69) is 18.0 Å². The summed E-state index contributed by atoms with van der Waals surface area (Å²) in [5.41, 5.74) is 2.14. The van der Waals surface area contributed by atoms with E-state index in [0.29, 0.717) is 0 Å². The summed E-state index contributed by atoms with van der Waals surface area (Å²) >= 11 is 5.94. The predicted molar refractivity (Wildman–Crippen MR) is 79.2 cm³/mol. The monoisotopic (exact) mass is 288 g/mol. The minimum Gasteiger partial charge on any atom is -0.290 e. The second-order valence-corrected chi connectivity index (χ2v) is 5.80. The lowest BCUT2D eigenvalue weighted by molar-refractivity contribution is -0.169. The molecule has 20 heavy (non-hydrogen) atoms. The fourth-order valence-corrected chi connectivity index (χ4v) is 2.80. The SMILES string of the molecule is CN1OC(c2ccc(Cl)cc2)C[C@]1(C)c1cccnc1. The third kappa shape index (κ3) is 2.33. The zero-order valence-electron chi connectivity index (χ0n) is 11.6. The summed E-state index contributed by atoms with van der Waals surface area (Å²) in [5, 5.41) is 2.68. The molecule has 0 bridgehead atoms. The fraction of sp³-hybridized carbons (Fsp3) is 0.312. The van der Waals surface area contributed by atoms with Crippen molar-refractivity contribution in [2.75, 3.05) is 7.05 Å². The summed E-state index contributed by atoms with van der Waals surface area (Å²) in [6.45, 7) is 2.18. The van der Waals surface area contributed by atoms with E-state index in [4.69, 9.17) is 16.4 Å². The number of halogens is 1. The van der Waals surface area contributed by atoms with Crippen molar-refractivity contribution >= 4 is 11.6 Å². The van der Waals surface area contributed by atoms with Crippen LogP contribution in [0.25, 0.3) is 0 Å². The molecule has 2 atom stereocenters. The number of hydrogen-bond acceptors (Lipinski definition) is 3. The van der Waals surface area contributed by atoms with Crippen LogP contribution >= 0.6 is 11.6 Å². The molecular formula is C16H17ClN2O. The molecule has 1 unspecified atom stereocenters. The van der Waals surface area contributed by atoms with Crippen LogP contribution in [0.3, 0.4) is 0 Å². The topological polar surface area (TPSA) is 25.4 Å². The van der Waals surface area contributed by atoms with Crippen LogP contribution in [0.5, 0.6) is 0 Å². The van der Waals surface area contributed by atoms with Crippen molar-refractivity contribution in [3.63, 3.8) is 0 Å². The maximum atomic E-state index is 6.02. The Morgan fingerprint density at radius 1 is 1.30 bits per heavy atom. The summed E-state index contributed by atoms with van der Waals surface area (Å²) in [6.07, 6.45) is 4.63. The number of pyridine rings is 1. The Hall–Kier alpha value is -1.42. The van der Waals surface area contributed by atoms with E-state index in [1.807, 2.05) is 48.6 Å². The lowest BCUT2D eigenvalue weighted by Crippen LogP contribution is -2.34. The van der Waals surface area contributed by atoms with Crippen LogP contribution in [0.2, 0.25) is 5.02 Å². The molecule has 0 N–H and O–H groups in total. The molecule has 0 amide bonds. The van der Waals surface area contributed by atoms with Gasteiger partial charge in [0.15, 0.2) is 0 Å². The van der Waals surface area contributed by atoms with Gasteiger partial charge in [-0.15, -0.1) is 0 Å². The van der Waals surface area contributed by atoms with Crippen LogP contribution in [0, 0.1) is 0 Å². The van der Waals surface area contributed by atoms with Crippen LogP contribution in [-0.4, -0.2) is 17.1 Å². The molecule has 1 aliphatic rings. The predicted octanol–water partition coefficient (Wildman–Crippen LogP) is 3.96. The second-order valence-electron chi connectivity index (χ2n) is 5.36. The van der Waals surface area contributed by atoms with E-state index >= 15 is 0 Å². The van der Waals surface area contributed by atoms with Crippen LogP contribution < -0.4 is 0 Å². The average Bonchev–Trinajstić information content (AvgIpc) is 2.78. The minimum absolute atomic E-state index is 0.0440. The number of rotatable bonds is 2. The van der Waals surface area contributed by atoms with Gasteiger partial charge in [0.05, 0.1) is 5.54 Å². The van der Waals surface area contributed by atoms with Crippen LogP contribution in [-0.2, 0) is 10.4 Å². The summed E-state index contributed by atoms with van der Waals surface area (Å²) < 4.78 is 0. The molecule has 1 aromatic carbocycles. The van der Waals surface area contributed by atoms with Crippen LogP contribution in [0.1, 0.15) is 30.6 Å². The first kappa shape index (κ1) is 13.6. The Morgan fingerprint density at radius 3 is 2.70 bits per heavy atom. The summed E-state index contributed by atoms with van der Waals surface area (Å²) in [6, 6.07) is 11.9. The molecule has 3 rings (SSSR count). The van der Waals surface area contributed by atoms with Crippen molar-refractivity contribution in [3.05, 3.63) is 64.9 Å². The van der Waals surface area contributed by atoms with Gasteiger partial charge in [-0.05, 0) is 36.2 Å². The van der Waals surface area contributed by atoms with Crippen molar-refractivity contribution in [2.24, 2.45) is 0 Å². The Balaban J connectivity index is 1.88. The van der Waals surface area contributed by atoms with Gasteiger partial charge >= 0.3 is 0 Å². The van der Waals surface area contributed by atoms with Crippen molar-refractivity contribution in [2.45, 2.75) is 25.0 Å². The summed E-state index contributed by atoms with van der Waals surface area (Å²) in [5.74, 6) is 0. The second kappa shape index (κ2) is 5.17. The fourth-order valence-electron chi connectivity index (χ4n) is 2.67. The molecule has 1 aromatic heterocycles. The number of hydroxylamine groups is 2. The van der Waals surface area contributed by atoms with Crippen molar-refractivity contribution in [1.29, 1.82) is 0 Å². The lowest BCUT2D eigenvalue weighted by atomic mass is 9.87. The molecule has 1 saturated heterocycles. The molecule has 104 valence electrons. The molecule has 2 aromatic rings. The van der Waals surface area contributed by atoms with Gasteiger partial charge in [0.2, 0.25) is 0 Å². The molecule has 3 nitrogen and oxygen atoms in total. The minimum atomic E-state index is -0.168. The van der Waals surface area contributed by atoms with E-state index in [0.717, 1.165) is 17.0 Å². The zero-order chi connectivity index (χ0) is 14.2. The average molecular weight is 289 g/mol. The smallest absolute Gasteiger partial charge is 0.106 e. The number of benzene rings is 1. The van der Waals surface area contributed by atoms with E-state index in [9.17, 15) is 0 Å². The third-order valence-electron chi connectivity index (χ3n) is 4.09. The first-order chi connectivity index (χ1) is 9.59. The maximum Gasteiger partial charge on any atom is 0.106 e. The molecule has 0 aliphatic carbocycles. The van der Waals surface area contributed by atoms with Crippen molar-refractivity contribution in [3.8, 4) is 0 Å².